The summed E-state index contributed by atoms with van der Waals surface area (Å²) < 4.78 is 6.29. The van der Waals surface area contributed by atoms with Crippen molar-refractivity contribution in [3.63, 3.8) is 0 Å². The van der Waals surface area contributed by atoms with Gasteiger partial charge >= 0.3 is 6.01 Å². The van der Waals surface area contributed by atoms with E-state index in [-0.39, 0.29) is 11.9 Å². The predicted octanol–water partition coefficient (Wildman–Crippen LogP) is 5.41. The summed E-state index contributed by atoms with van der Waals surface area (Å²) in [5.74, 6) is -0.256. The van der Waals surface area contributed by atoms with Crippen LogP contribution >= 0.6 is 46.1 Å². The third-order valence-electron chi connectivity index (χ3n) is 2.86. The van der Waals surface area contributed by atoms with Gasteiger partial charge in [0.25, 0.3) is 11.8 Å². The Balaban J connectivity index is 1.70. The van der Waals surface area contributed by atoms with E-state index in [2.05, 4.69) is 15.5 Å². The smallest absolute Gasteiger partial charge is 0.322 e. The van der Waals surface area contributed by atoms with E-state index >= 15 is 0 Å². The quantitative estimate of drug-likeness (QED) is 0.595. The van der Waals surface area contributed by atoms with E-state index in [9.17, 15) is 4.79 Å². The van der Waals surface area contributed by atoms with Crippen LogP contribution in [-0.4, -0.2) is 16.1 Å². The Labute approximate surface area is 155 Å². The second-order valence-electron chi connectivity index (χ2n) is 4.49. The fraction of sp³-hybridized carbons (Fsp3) is 0. The number of thiophene rings is 1. The molecule has 0 radical (unpaired) electrons. The van der Waals surface area contributed by atoms with E-state index in [1.54, 1.807) is 24.3 Å². The lowest BCUT2D eigenvalue weighted by Crippen LogP contribution is -2.07. The van der Waals surface area contributed by atoms with E-state index in [1.165, 1.54) is 17.4 Å². The van der Waals surface area contributed by atoms with Crippen molar-refractivity contribution in [1.29, 1.82) is 0 Å². The zero-order chi connectivity index (χ0) is 17.1. The Kier molecular flexibility index (Phi) is 5.20. The van der Waals surface area contributed by atoms with Gasteiger partial charge in [0.2, 0.25) is 0 Å². The molecule has 3 aromatic rings. The molecule has 5 nitrogen and oxygen atoms in total. The largest absolute Gasteiger partial charge is 0.403 e. The Bertz CT molecular complexity index is 920. The summed E-state index contributed by atoms with van der Waals surface area (Å²) in [6.07, 6.45) is 2.91. The molecule has 2 heterocycles. The number of halogens is 3. The first-order valence-electron chi connectivity index (χ1n) is 6.55. The van der Waals surface area contributed by atoms with Crippen molar-refractivity contribution in [2.75, 3.05) is 5.32 Å². The summed E-state index contributed by atoms with van der Waals surface area (Å²) >= 11 is 19.1. The van der Waals surface area contributed by atoms with Gasteiger partial charge in [-0.15, -0.1) is 16.4 Å². The van der Waals surface area contributed by atoms with Gasteiger partial charge in [-0.1, -0.05) is 58.1 Å². The van der Waals surface area contributed by atoms with Gasteiger partial charge in [-0.2, -0.15) is 0 Å². The summed E-state index contributed by atoms with van der Waals surface area (Å²) in [7, 11) is 0. The number of hydrogen-bond donors (Lipinski definition) is 1. The zero-order valence-corrected chi connectivity index (χ0v) is 14.9. The number of rotatable bonds is 4. The molecule has 0 aliphatic rings. The zero-order valence-electron chi connectivity index (χ0n) is 11.8. The van der Waals surface area contributed by atoms with Crippen molar-refractivity contribution in [2.24, 2.45) is 0 Å². The van der Waals surface area contributed by atoms with Crippen LogP contribution in [0.2, 0.25) is 13.7 Å². The molecular weight excluding hydrogens is 393 g/mol. The molecule has 0 unspecified atom stereocenters. The highest BCUT2D eigenvalue weighted by molar-refractivity contribution is 7.20. The summed E-state index contributed by atoms with van der Waals surface area (Å²) in [6.45, 7) is 0. The number of nitrogens with zero attached hydrogens (tertiary/aromatic N) is 2. The van der Waals surface area contributed by atoms with Crippen LogP contribution < -0.4 is 5.32 Å². The van der Waals surface area contributed by atoms with Crippen LogP contribution in [0.5, 0.6) is 0 Å². The monoisotopic (exact) mass is 399 g/mol. The Hall–Kier alpha value is -1.86. The molecular formula is C15H8Cl3N3O2S. The van der Waals surface area contributed by atoms with Crippen LogP contribution in [0.4, 0.5) is 6.01 Å². The molecule has 1 amide bonds. The summed E-state index contributed by atoms with van der Waals surface area (Å²) in [6, 6.07) is 8.73. The molecule has 1 aromatic carbocycles. The Morgan fingerprint density at radius 1 is 1.21 bits per heavy atom. The molecule has 0 aliphatic carbocycles. The van der Waals surface area contributed by atoms with Crippen molar-refractivity contribution in [2.45, 2.75) is 0 Å². The summed E-state index contributed by atoms with van der Waals surface area (Å²) in [5, 5.41) is 10.6. The van der Waals surface area contributed by atoms with E-state index in [0.717, 1.165) is 5.56 Å². The maximum Gasteiger partial charge on any atom is 0.322 e. The topological polar surface area (TPSA) is 68.0 Å². The van der Waals surface area contributed by atoms with Gasteiger partial charge in [-0.25, -0.2) is 0 Å². The predicted molar refractivity (Wildman–Crippen MR) is 96.7 cm³/mol. The summed E-state index contributed by atoms with van der Waals surface area (Å²) in [5.41, 5.74) is 1.24. The van der Waals surface area contributed by atoms with Crippen molar-refractivity contribution in [3.05, 3.63) is 55.7 Å². The number of amides is 1. The summed E-state index contributed by atoms with van der Waals surface area (Å²) in [4.78, 5) is 11.9. The standard InChI is InChI=1S/C15H8Cl3N3O2S/c16-10-4-2-1-3-8(10)5-6-12(22)19-15-21-20-14(23-15)9-7-11(17)24-13(9)18/h1-7H,(H,19,21,22)/b6-5+. The molecule has 24 heavy (non-hydrogen) atoms. The lowest BCUT2D eigenvalue weighted by atomic mass is 10.2. The molecule has 2 aromatic heterocycles. The number of nitrogens with one attached hydrogen (secondary N) is 1. The number of aromatic nitrogens is 2. The fourth-order valence-electron chi connectivity index (χ4n) is 1.79. The number of carbonyl (C=O) groups excluding carboxylic acids is 1. The highest BCUT2D eigenvalue weighted by Gasteiger charge is 2.15. The van der Waals surface area contributed by atoms with Gasteiger partial charge in [0, 0.05) is 11.1 Å². The number of carbonyl (C=O) groups is 1. The van der Waals surface area contributed by atoms with Crippen molar-refractivity contribution < 1.29 is 9.21 Å². The van der Waals surface area contributed by atoms with E-state index in [1.807, 2.05) is 12.1 Å². The van der Waals surface area contributed by atoms with Crippen LogP contribution in [0, 0.1) is 0 Å². The first-order chi connectivity index (χ1) is 11.5. The first kappa shape index (κ1) is 17.0. The van der Waals surface area contributed by atoms with Crippen LogP contribution in [0.15, 0.2) is 40.8 Å². The molecule has 0 saturated carbocycles. The first-order valence-corrected chi connectivity index (χ1v) is 8.50. The number of anilines is 1. The van der Waals surface area contributed by atoms with Gasteiger partial charge in [-0.3, -0.25) is 10.1 Å². The molecule has 3 rings (SSSR count). The van der Waals surface area contributed by atoms with E-state index in [0.29, 0.717) is 19.3 Å². The molecule has 0 fully saturated rings. The highest BCUT2D eigenvalue weighted by atomic mass is 35.5. The van der Waals surface area contributed by atoms with E-state index in [4.69, 9.17) is 39.2 Å². The maximum absolute atomic E-state index is 11.9. The second-order valence-corrected chi connectivity index (χ2v) is 7.19. The van der Waals surface area contributed by atoms with Gasteiger partial charge in [-0.05, 0) is 23.8 Å². The van der Waals surface area contributed by atoms with Crippen LogP contribution in [0.3, 0.4) is 0 Å². The van der Waals surface area contributed by atoms with Gasteiger partial charge in [0.1, 0.15) is 4.34 Å². The molecule has 122 valence electrons. The average molecular weight is 401 g/mol. The Morgan fingerprint density at radius 3 is 2.71 bits per heavy atom. The van der Waals surface area contributed by atoms with Gasteiger partial charge in [0.15, 0.2) is 0 Å². The third-order valence-corrected chi connectivity index (χ3v) is 4.69. The SMILES string of the molecule is O=C(/C=C/c1ccccc1Cl)Nc1nnc(-c2cc(Cl)sc2Cl)o1. The molecule has 0 atom stereocenters. The van der Waals surface area contributed by atoms with Gasteiger partial charge in [0.05, 0.1) is 9.90 Å². The third kappa shape index (κ3) is 3.96. The molecule has 9 heteroatoms. The van der Waals surface area contributed by atoms with Crippen LogP contribution in [0.25, 0.3) is 17.5 Å². The molecule has 0 saturated heterocycles. The van der Waals surface area contributed by atoms with Crippen molar-refractivity contribution in [1.82, 2.24) is 10.2 Å². The average Bonchev–Trinajstić information content (AvgIpc) is 3.12. The molecule has 0 spiro atoms. The lowest BCUT2D eigenvalue weighted by Gasteiger charge is -1.97. The van der Waals surface area contributed by atoms with E-state index < -0.39 is 5.91 Å². The molecule has 1 N–H and O–H groups in total. The normalized spacial score (nSPS) is 11.1. The number of benzene rings is 1. The molecule has 0 bridgehead atoms. The van der Waals surface area contributed by atoms with Crippen LogP contribution in [-0.2, 0) is 4.79 Å². The highest BCUT2D eigenvalue weighted by Crippen LogP contribution is 2.37. The fourth-order valence-corrected chi connectivity index (χ4v) is 3.44. The maximum atomic E-state index is 11.9. The number of hydrogen-bond acceptors (Lipinski definition) is 5. The Morgan fingerprint density at radius 2 is 2.00 bits per heavy atom. The molecule has 0 aliphatic heterocycles. The van der Waals surface area contributed by atoms with Gasteiger partial charge < -0.3 is 4.42 Å². The van der Waals surface area contributed by atoms with Crippen molar-refractivity contribution in [3.8, 4) is 11.5 Å². The second kappa shape index (κ2) is 7.36. The minimum atomic E-state index is -0.431. The minimum absolute atomic E-state index is 0.0443. The lowest BCUT2D eigenvalue weighted by molar-refractivity contribution is -0.112. The van der Waals surface area contributed by atoms with Crippen LogP contribution in [0.1, 0.15) is 5.56 Å². The van der Waals surface area contributed by atoms with Crippen molar-refractivity contribution >= 4 is 64.1 Å². The minimum Gasteiger partial charge on any atom is -0.403 e.